The van der Waals surface area contributed by atoms with Crippen molar-refractivity contribution in [3.8, 4) is 0 Å². The van der Waals surface area contributed by atoms with E-state index in [1.807, 2.05) is 0 Å². The average molecular weight is 682 g/mol. The first kappa shape index (κ1) is 33.8. The van der Waals surface area contributed by atoms with Gasteiger partial charge in [0.2, 0.25) is 0 Å². The molecule has 5 saturated heterocycles. The molecule has 5 heterocycles. The highest BCUT2D eigenvalue weighted by molar-refractivity contribution is 6.81. The molecule has 9 aliphatic rings. The predicted octanol–water partition coefficient (Wildman–Crippen LogP) is 2.15. The van der Waals surface area contributed by atoms with Gasteiger partial charge in [-0.1, -0.05) is 51.4 Å². The van der Waals surface area contributed by atoms with Gasteiger partial charge in [0.1, 0.15) is 0 Å². The number of hydrogen-bond acceptors (Lipinski definition) is 8. The Kier molecular flexibility index (Phi) is 11.9. The van der Waals surface area contributed by atoms with Crippen LogP contribution in [0.15, 0.2) is 0 Å². The van der Waals surface area contributed by atoms with Crippen LogP contribution in [0, 0.1) is 47.3 Å². The number of nitrogens with one attached hydrogen (secondary N) is 8. The van der Waals surface area contributed by atoms with E-state index < -0.39 is 0 Å². The van der Waals surface area contributed by atoms with Gasteiger partial charge in [-0.3, -0.25) is 62.6 Å². The minimum atomic E-state index is 0.420. The second-order valence-electron chi connectivity index (χ2n) is 15.6. The number of hydrogen-bond donors (Lipinski definition) is 8. The van der Waals surface area contributed by atoms with Crippen molar-refractivity contribution in [2.45, 2.75) is 152 Å². The van der Waals surface area contributed by atoms with Crippen molar-refractivity contribution in [1.82, 2.24) is 42.5 Å². The maximum absolute atomic E-state index is 4.78. The summed E-state index contributed by atoms with van der Waals surface area (Å²) in [7, 11) is 9.56. The molecule has 0 aromatic carbocycles. The van der Waals surface area contributed by atoms with Crippen molar-refractivity contribution in [2.24, 2.45) is 47.3 Å². The summed E-state index contributed by atoms with van der Waals surface area (Å²) < 4.78 is 0. The highest BCUT2D eigenvalue weighted by atomic mass is 35.6. The lowest BCUT2D eigenvalue weighted by Gasteiger charge is -2.35. The first-order valence-corrected chi connectivity index (χ1v) is 24.7. The predicted molar refractivity (Wildman–Crippen MR) is 186 cm³/mol. The van der Waals surface area contributed by atoms with Crippen LogP contribution in [0.2, 0.25) is 0 Å². The monoisotopic (exact) mass is 680 g/mol. The zero-order valence-corrected chi connectivity index (χ0v) is 32.8. The van der Waals surface area contributed by atoms with Gasteiger partial charge in [-0.25, -0.2) is 0 Å². The maximum Gasteiger partial charge on any atom is 0.353 e. The van der Waals surface area contributed by atoms with Crippen LogP contribution in [-0.4, -0.2) is 80.1 Å². The fourth-order valence-corrected chi connectivity index (χ4v) is 12.0. The van der Waals surface area contributed by atoms with E-state index >= 15 is 0 Å². The van der Waals surface area contributed by atoms with Gasteiger partial charge in [0, 0.05) is 0 Å². The molecule has 9 fully saturated rings. The molecule has 44 heavy (non-hydrogen) atoms. The number of rotatable bonds is 0. The van der Waals surface area contributed by atoms with Gasteiger partial charge in [0.25, 0.3) is 0 Å². The first-order chi connectivity index (χ1) is 21.8. The summed E-state index contributed by atoms with van der Waals surface area (Å²) in [6, 6.07) is 0. The van der Waals surface area contributed by atoms with E-state index in [0.717, 1.165) is 78.1 Å². The van der Waals surface area contributed by atoms with Crippen LogP contribution < -0.4 is 42.5 Å². The standard InChI is InChI=1S/C32H56N8.2Al.2ClH.4H/c1-2-10-18-17(9-1)25-33-26(18)38-28-21-13-5-6-14-22(21)30(35-28)40-32-24-16-8-7-15-23(24)31(36-32)39-29-20-12-4-3-11-19(20)27(34-29)37-25;;;;;;;;/h17-40H,1-16H2;;;2*1H;;;;/q;2*+1;;;;;;/p-2. The van der Waals surface area contributed by atoms with Gasteiger partial charge in [0.15, 0.2) is 0 Å². The minimum Gasteiger partial charge on any atom is -0.286 e. The molecule has 8 atom stereocenters. The summed E-state index contributed by atoms with van der Waals surface area (Å²) in [6.45, 7) is 0. The van der Waals surface area contributed by atoms with Crippen LogP contribution in [-0.2, 0) is 0 Å². The molecule has 0 amide bonds. The summed E-state index contributed by atoms with van der Waals surface area (Å²) in [5.41, 5.74) is 0. The Hall–Kier alpha value is 1.32. The van der Waals surface area contributed by atoms with Crippen molar-refractivity contribution >= 4 is 50.8 Å². The highest BCUT2D eigenvalue weighted by Gasteiger charge is 2.54. The molecule has 5 aliphatic heterocycles. The lowest BCUT2D eigenvalue weighted by atomic mass is 9.76. The highest BCUT2D eigenvalue weighted by Crippen LogP contribution is 2.45. The van der Waals surface area contributed by atoms with Gasteiger partial charge in [-0.05, 0) is 98.7 Å². The topological polar surface area (TPSA) is 96.2 Å². The normalized spacial score (nSPS) is 52.6. The first-order valence-electron chi connectivity index (χ1n) is 18.6. The van der Waals surface area contributed by atoms with Gasteiger partial charge < -0.3 is 0 Å². The second-order valence-corrected chi connectivity index (χ2v) is 15.6. The third kappa shape index (κ3) is 6.49. The van der Waals surface area contributed by atoms with E-state index in [0.29, 0.717) is 49.3 Å². The Labute approximate surface area is 291 Å². The average Bonchev–Trinajstić information content (AvgIpc) is 3.82. The third-order valence-electron chi connectivity index (χ3n) is 13.8. The molecule has 0 radical (unpaired) electrons. The van der Waals surface area contributed by atoms with Crippen LogP contribution in [0.3, 0.4) is 0 Å². The number of fused-ring (bicyclic) bond motifs is 20. The van der Waals surface area contributed by atoms with Gasteiger partial charge in [0.05, 0.1) is 49.3 Å². The van der Waals surface area contributed by atoms with Crippen molar-refractivity contribution in [3.05, 3.63) is 0 Å². The minimum absolute atomic E-state index is 0.420. The van der Waals surface area contributed by atoms with E-state index in [2.05, 4.69) is 42.5 Å². The molecule has 0 aromatic rings. The van der Waals surface area contributed by atoms with E-state index in [9.17, 15) is 0 Å². The van der Waals surface area contributed by atoms with Crippen molar-refractivity contribution in [1.29, 1.82) is 0 Å². The lowest BCUT2D eigenvalue weighted by Crippen LogP contribution is -2.61. The fourth-order valence-electron chi connectivity index (χ4n) is 12.0. The SMILES string of the molecule is C1CCC2C3NC(NC4NC(NC5NC(NC6NC(N3)C3CCCCC63)C3CCCCC53)C3CCCCC43)C2C1.[AlH2][Cl].[AlH2][Cl]. The van der Waals surface area contributed by atoms with E-state index in [4.69, 9.17) is 20.1 Å². The summed E-state index contributed by atoms with van der Waals surface area (Å²) in [6.07, 6.45) is 25.6. The molecule has 8 unspecified atom stereocenters. The van der Waals surface area contributed by atoms with Crippen molar-refractivity contribution in [2.75, 3.05) is 0 Å². The summed E-state index contributed by atoms with van der Waals surface area (Å²) >= 11 is 1.56. The van der Waals surface area contributed by atoms with Crippen LogP contribution in [0.5, 0.6) is 0 Å². The largest absolute Gasteiger partial charge is 0.353 e. The molecular formula is C32H60Al2Cl2N8. The molecule has 4 saturated carbocycles. The summed E-state index contributed by atoms with van der Waals surface area (Å²) in [5, 5.41) is 33.8. The Morgan fingerprint density at radius 1 is 0.250 bits per heavy atom. The van der Waals surface area contributed by atoms with Crippen molar-refractivity contribution < 1.29 is 0 Å². The zero-order valence-electron chi connectivity index (χ0n) is 27.3. The molecule has 248 valence electrons. The Morgan fingerprint density at radius 3 is 0.477 bits per heavy atom. The summed E-state index contributed by atoms with van der Waals surface area (Å²) in [5.74, 6) is 5.97. The van der Waals surface area contributed by atoms with E-state index in [1.54, 1.807) is 0 Å². The zero-order chi connectivity index (χ0) is 30.2. The van der Waals surface area contributed by atoms with Crippen LogP contribution >= 0.6 is 20.1 Å². The summed E-state index contributed by atoms with van der Waals surface area (Å²) in [4.78, 5) is 0. The van der Waals surface area contributed by atoms with Gasteiger partial charge in [-0.2, -0.15) is 0 Å². The Balaban J connectivity index is 0.000000753. The lowest BCUT2D eigenvalue weighted by molar-refractivity contribution is 0.167. The van der Waals surface area contributed by atoms with Crippen LogP contribution in [0.1, 0.15) is 103 Å². The number of halogens is 2. The molecule has 8 bridgehead atoms. The van der Waals surface area contributed by atoms with Crippen molar-refractivity contribution in [3.63, 3.8) is 0 Å². The Bertz CT molecular complexity index is 733. The molecule has 12 heteroatoms. The van der Waals surface area contributed by atoms with Crippen LogP contribution in [0.25, 0.3) is 0 Å². The van der Waals surface area contributed by atoms with E-state index in [-0.39, 0.29) is 0 Å². The van der Waals surface area contributed by atoms with Crippen LogP contribution in [0.4, 0.5) is 0 Å². The smallest absolute Gasteiger partial charge is 0.286 e. The van der Waals surface area contributed by atoms with Gasteiger partial charge >= 0.3 is 30.7 Å². The molecule has 0 spiro atoms. The second kappa shape index (κ2) is 15.5. The molecule has 4 aliphatic carbocycles. The molecule has 9 rings (SSSR count). The quantitative estimate of drug-likeness (QED) is 0.185. The third-order valence-corrected chi connectivity index (χ3v) is 13.8. The maximum atomic E-state index is 4.78. The molecule has 0 aromatic heterocycles. The molecule has 8 N–H and O–H groups in total. The van der Waals surface area contributed by atoms with E-state index in [1.165, 1.54) is 103 Å². The Morgan fingerprint density at radius 2 is 0.364 bits per heavy atom. The molecular weight excluding hydrogens is 621 g/mol. The molecule has 8 nitrogen and oxygen atoms in total. The fraction of sp³-hybridized carbons (Fsp3) is 1.00. The van der Waals surface area contributed by atoms with Gasteiger partial charge in [-0.15, -0.1) is 0 Å².